The van der Waals surface area contributed by atoms with Gasteiger partial charge in [0.1, 0.15) is 12.4 Å². The van der Waals surface area contributed by atoms with E-state index in [1.165, 1.54) is 5.01 Å². The number of hydrogen-bond donors (Lipinski definition) is 1. The van der Waals surface area contributed by atoms with Crippen molar-refractivity contribution >= 4 is 28.6 Å². The molecule has 1 atom stereocenters. The molecule has 2 heterocycles. The molecule has 1 amide bonds. The fraction of sp³-hybridized carbons (Fsp3) is 0.233. The first-order chi connectivity index (χ1) is 19.0. The lowest BCUT2D eigenvalue weighted by Crippen LogP contribution is -2.27. The zero-order valence-electron chi connectivity index (χ0n) is 21.5. The van der Waals surface area contributed by atoms with Gasteiger partial charge in [-0.2, -0.15) is 5.10 Å². The summed E-state index contributed by atoms with van der Waals surface area (Å²) in [4.78, 5) is 32.8. The van der Waals surface area contributed by atoms with E-state index >= 15 is 0 Å². The fourth-order valence-corrected chi connectivity index (χ4v) is 4.53. The topological polar surface area (TPSA) is 114 Å². The van der Waals surface area contributed by atoms with E-state index in [4.69, 9.17) is 14.6 Å². The summed E-state index contributed by atoms with van der Waals surface area (Å²) in [5, 5.41) is 15.2. The molecule has 5 rings (SSSR count). The van der Waals surface area contributed by atoms with E-state index in [1.807, 2.05) is 66.7 Å². The zero-order chi connectivity index (χ0) is 27.2. The number of carboxylic acids is 1. The number of ether oxygens (including phenoxy) is 2. The van der Waals surface area contributed by atoms with Gasteiger partial charge in [0.25, 0.3) is 0 Å². The van der Waals surface area contributed by atoms with Crippen LogP contribution < -0.4 is 4.74 Å². The number of rotatable bonds is 10. The number of nitrogens with zero attached hydrogens (tertiary/aromatic N) is 4. The third-order valence-corrected chi connectivity index (χ3v) is 6.56. The minimum absolute atomic E-state index is 0.125. The maximum atomic E-state index is 13.0. The van der Waals surface area contributed by atoms with Crippen LogP contribution in [0.15, 0.2) is 84.2 Å². The molecule has 9 nitrogen and oxygen atoms in total. The van der Waals surface area contributed by atoms with Gasteiger partial charge in [-0.3, -0.25) is 19.6 Å². The zero-order valence-corrected chi connectivity index (χ0v) is 21.5. The van der Waals surface area contributed by atoms with Gasteiger partial charge < -0.3 is 14.6 Å². The number of hydrazone groups is 1. The summed E-state index contributed by atoms with van der Waals surface area (Å²) in [5.41, 5.74) is 6.10. The van der Waals surface area contributed by atoms with Crippen LogP contribution in [0.3, 0.4) is 0 Å². The number of carboxylic acid groups (broad SMARTS) is 1. The van der Waals surface area contributed by atoms with E-state index < -0.39 is 5.97 Å². The van der Waals surface area contributed by atoms with Crippen molar-refractivity contribution < 1.29 is 24.2 Å². The first kappa shape index (κ1) is 26.0. The minimum atomic E-state index is -1.02. The molecule has 39 heavy (non-hydrogen) atoms. The number of amides is 1. The van der Waals surface area contributed by atoms with E-state index in [1.54, 1.807) is 19.5 Å². The highest BCUT2D eigenvalue weighted by Crippen LogP contribution is 2.35. The maximum absolute atomic E-state index is 13.0. The number of carbonyl (C=O) groups is 2. The molecule has 4 aromatic rings. The molecule has 1 aromatic heterocycles. The molecule has 1 aliphatic heterocycles. The lowest BCUT2D eigenvalue weighted by atomic mass is 9.96. The number of benzene rings is 3. The molecule has 1 N–H and O–H groups in total. The Morgan fingerprint density at radius 1 is 0.872 bits per heavy atom. The molecule has 0 saturated carbocycles. The molecular formula is C30H28N4O5. The molecule has 0 aliphatic carbocycles. The van der Waals surface area contributed by atoms with Gasteiger partial charge in [0, 0.05) is 32.3 Å². The Balaban J connectivity index is 1.37. The molecule has 1 aliphatic rings. The van der Waals surface area contributed by atoms with Gasteiger partial charge in [-0.05, 0) is 46.5 Å². The molecule has 9 heteroatoms. The summed E-state index contributed by atoms with van der Waals surface area (Å²) in [7, 11) is 1.64. The number of aromatic nitrogens is 2. The van der Waals surface area contributed by atoms with Crippen LogP contribution in [0.5, 0.6) is 5.75 Å². The van der Waals surface area contributed by atoms with Crippen molar-refractivity contribution in [3.63, 3.8) is 0 Å². The average Bonchev–Trinajstić information content (AvgIpc) is 3.42. The molecule has 0 spiro atoms. The van der Waals surface area contributed by atoms with E-state index in [2.05, 4.69) is 15.1 Å². The Labute approximate surface area is 225 Å². The third-order valence-electron chi connectivity index (χ3n) is 6.56. The van der Waals surface area contributed by atoms with E-state index in [-0.39, 0.29) is 24.8 Å². The predicted octanol–water partition coefficient (Wildman–Crippen LogP) is 4.86. The number of fused-ring (bicyclic) bond motifs is 1. The quantitative estimate of drug-likeness (QED) is 0.295. The third kappa shape index (κ3) is 6.10. The van der Waals surface area contributed by atoms with Crippen molar-refractivity contribution in [3.05, 3.63) is 90.3 Å². The van der Waals surface area contributed by atoms with Crippen LogP contribution in [0.4, 0.5) is 0 Å². The Hall–Kier alpha value is -4.63. The molecular weight excluding hydrogens is 496 g/mol. The SMILES string of the molecule is COCCOc1ccc(-c2ccc(C3=NN(C(=O)CCC(=O)O)C(c4ccc5nccnc5c4)C3)cc2)cc1. The van der Waals surface area contributed by atoms with Gasteiger partial charge in [0.05, 0.1) is 35.8 Å². The number of methoxy groups -OCH3 is 1. The van der Waals surface area contributed by atoms with Crippen LogP contribution in [0.2, 0.25) is 0 Å². The maximum Gasteiger partial charge on any atom is 0.303 e. The van der Waals surface area contributed by atoms with Crippen LogP contribution in [0.1, 0.15) is 36.4 Å². The normalized spacial score (nSPS) is 14.8. The van der Waals surface area contributed by atoms with Gasteiger partial charge in [-0.25, -0.2) is 5.01 Å². The molecule has 1 unspecified atom stereocenters. The van der Waals surface area contributed by atoms with Crippen LogP contribution in [0, 0.1) is 0 Å². The molecule has 0 bridgehead atoms. The van der Waals surface area contributed by atoms with Crippen molar-refractivity contribution in [1.82, 2.24) is 15.0 Å². The number of aliphatic carboxylic acids is 1. The van der Waals surface area contributed by atoms with Gasteiger partial charge in [-0.1, -0.05) is 42.5 Å². The largest absolute Gasteiger partial charge is 0.491 e. The van der Waals surface area contributed by atoms with Crippen molar-refractivity contribution in [2.75, 3.05) is 20.3 Å². The Kier molecular flexibility index (Phi) is 7.88. The lowest BCUT2D eigenvalue weighted by Gasteiger charge is -2.22. The highest BCUT2D eigenvalue weighted by molar-refractivity contribution is 6.03. The van der Waals surface area contributed by atoms with Crippen LogP contribution in [-0.2, 0) is 14.3 Å². The Morgan fingerprint density at radius 3 is 2.23 bits per heavy atom. The molecule has 0 saturated heterocycles. The monoisotopic (exact) mass is 524 g/mol. The second-order valence-corrected chi connectivity index (χ2v) is 9.15. The lowest BCUT2D eigenvalue weighted by molar-refractivity contribution is -0.141. The van der Waals surface area contributed by atoms with Crippen molar-refractivity contribution in [3.8, 4) is 16.9 Å². The molecule has 3 aromatic carbocycles. The van der Waals surface area contributed by atoms with E-state index in [0.717, 1.165) is 44.7 Å². The van der Waals surface area contributed by atoms with Gasteiger partial charge in [0.15, 0.2) is 0 Å². The fourth-order valence-electron chi connectivity index (χ4n) is 4.53. The van der Waals surface area contributed by atoms with E-state index in [0.29, 0.717) is 19.6 Å². The van der Waals surface area contributed by atoms with Crippen molar-refractivity contribution in [2.24, 2.45) is 5.10 Å². The standard InChI is InChI=1S/C30H28N4O5/c1-38-16-17-39-24-9-6-21(7-10-24)20-2-4-22(5-3-20)26-19-28(34(33-26)29(35)12-13-30(36)37)23-8-11-25-27(18-23)32-15-14-31-25/h2-11,14-15,18,28H,12-13,16-17,19H2,1H3,(H,36,37). The molecule has 0 radical (unpaired) electrons. The average molecular weight is 525 g/mol. The van der Waals surface area contributed by atoms with Gasteiger partial charge >= 0.3 is 5.97 Å². The van der Waals surface area contributed by atoms with E-state index in [9.17, 15) is 9.59 Å². The summed E-state index contributed by atoms with van der Waals surface area (Å²) in [6, 6.07) is 21.2. The number of carbonyl (C=O) groups excluding carboxylic acids is 1. The molecule has 198 valence electrons. The first-order valence-corrected chi connectivity index (χ1v) is 12.7. The van der Waals surface area contributed by atoms with Crippen molar-refractivity contribution in [1.29, 1.82) is 0 Å². The van der Waals surface area contributed by atoms with Gasteiger partial charge in [0.2, 0.25) is 5.91 Å². The summed E-state index contributed by atoms with van der Waals surface area (Å²) < 4.78 is 10.7. The molecule has 0 fully saturated rings. The van der Waals surface area contributed by atoms with Crippen LogP contribution in [-0.4, -0.2) is 58.0 Å². The minimum Gasteiger partial charge on any atom is -0.491 e. The second-order valence-electron chi connectivity index (χ2n) is 9.15. The smallest absolute Gasteiger partial charge is 0.303 e. The highest BCUT2D eigenvalue weighted by Gasteiger charge is 2.33. The second kappa shape index (κ2) is 11.8. The summed E-state index contributed by atoms with van der Waals surface area (Å²) in [6.07, 6.45) is 3.38. The van der Waals surface area contributed by atoms with Crippen molar-refractivity contribution in [2.45, 2.75) is 25.3 Å². The first-order valence-electron chi connectivity index (χ1n) is 12.7. The predicted molar refractivity (Wildman–Crippen MR) is 146 cm³/mol. The summed E-state index contributed by atoms with van der Waals surface area (Å²) in [5.74, 6) is -0.568. The highest BCUT2D eigenvalue weighted by atomic mass is 16.5. The van der Waals surface area contributed by atoms with Crippen LogP contribution >= 0.6 is 0 Å². The summed E-state index contributed by atoms with van der Waals surface area (Å²) >= 11 is 0. The Morgan fingerprint density at radius 2 is 1.54 bits per heavy atom. The Bertz CT molecular complexity index is 1500. The summed E-state index contributed by atoms with van der Waals surface area (Å²) in [6.45, 7) is 1.03. The number of hydrogen-bond acceptors (Lipinski definition) is 7. The van der Waals surface area contributed by atoms with Gasteiger partial charge in [-0.15, -0.1) is 0 Å². The van der Waals surface area contributed by atoms with Crippen LogP contribution in [0.25, 0.3) is 22.2 Å².